The summed E-state index contributed by atoms with van der Waals surface area (Å²) in [6.07, 6.45) is 10.7. The van der Waals surface area contributed by atoms with Gasteiger partial charge in [-0.1, -0.05) is 30.3 Å². The summed E-state index contributed by atoms with van der Waals surface area (Å²) in [6.45, 7) is 2.14. The number of nitrogens with one attached hydrogen (secondary N) is 1. The highest BCUT2D eigenvalue weighted by Crippen LogP contribution is 2.51. The van der Waals surface area contributed by atoms with Crippen LogP contribution in [0.5, 0.6) is 0 Å². The number of benzene rings is 1. The zero-order valence-electron chi connectivity index (χ0n) is 13.3. The fourth-order valence-electron chi connectivity index (χ4n) is 4.22. The predicted octanol–water partition coefficient (Wildman–Crippen LogP) is 4.00. The van der Waals surface area contributed by atoms with Gasteiger partial charge in [0.15, 0.2) is 0 Å². The first kappa shape index (κ1) is 13.1. The van der Waals surface area contributed by atoms with Gasteiger partial charge >= 0.3 is 0 Å². The van der Waals surface area contributed by atoms with Crippen molar-refractivity contribution in [1.82, 2.24) is 5.32 Å². The van der Waals surface area contributed by atoms with Gasteiger partial charge in [0.05, 0.1) is 5.54 Å². The van der Waals surface area contributed by atoms with Crippen LogP contribution in [-0.2, 0) is 10.3 Å². The highest BCUT2D eigenvalue weighted by molar-refractivity contribution is 6.02. The van der Waals surface area contributed by atoms with Crippen molar-refractivity contribution in [3.63, 3.8) is 0 Å². The fourth-order valence-corrected chi connectivity index (χ4v) is 4.22. The largest absolute Gasteiger partial charge is 0.342 e. The molecular formula is C21H19NO. The Kier molecular flexibility index (Phi) is 2.48. The molecule has 1 N–H and O–H groups in total. The molecule has 4 aliphatic carbocycles. The van der Waals surface area contributed by atoms with E-state index in [0.29, 0.717) is 0 Å². The van der Waals surface area contributed by atoms with Gasteiger partial charge in [0.25, 0.3) is 5.91 Å². The van der Waals surface area contributed by atoms with Crippen LogP contribution in [0.25, 0.3) is 0 Å². The van der Waals surface area contributed by atoms with Crippen LogP contribution in [0.2, 0.25) is 0 Å². The summed E-state index contributed by atoms with van der Waals surface area (Å²) >= 11 is 0. The molecular weight excluding hydrogens is 282 g/mol. The molecule has 1 aromatic rings. The molecule has 114 valence electrons. The van der Waals surface area contributed by atoms with Crippen LogP contribution in [0.15, 0.2) is 70.4 Å². The number of aryl methyl sites for hydroxylation is 1. The Morgan fingerprint density at radius 3 is 2.70 bits per heavy atom. The van der Waals surface area contributed by atoms with E-state index in [9.17, 15) is 4.79 Å². The lowest BCUT2D eigenvalue weighted by molar-refractivity contribution is -0.120. The van der Waals surface area contributed by atoms with E-state index >= 15 is 0 Å². The van der Waals surface area contributed by atoms with Gasteiger partial charge in [-0.25, -0.2) is 0 Å². The quantitative estimate of drug-likeness (QED) is 0.898. The van der Waals surface area contributed by atoms with E-state index < -0.39 is 0 Å². The van der Waals surface area contributed by atoms with Crippen molar-refractivity contribution in [1.29, 1.82) is 0 Å². The van der Waals surface area contributed by atoms with E-state index in [1.807, 2.05) is 6.08 Å². The molecule has 1 aromatic carbocycles. The number of hydrogen-bond donors (Lipinski definition) is 1. The second-order valence-corrected chi connectivity index (χ2v) is 7.10. The third-order valence-corrected chi connectivity index (χ3v) is 5.74. The SMILES string of the molecule is Cc1ccccc1C1(NC(=O)C2=C3C=C4CC4=C3C=C2)CCC1. The lowest BCUT2D eigenvalue weighted by atomic mass is 9.70. The Morgan fingerprint density at radius 2 is 1.96 bits per heavy atom. The monoisotopic (exact) mass is 301 g/mol. The smallest absolute Gasteiger partial charge is 0.252 e. The maximum atomic E-state index is 12.9. The average Bonchev–Trinajstić information content (AvgIpc) is 2.99. The van der Waals surface area contributed by atoms with E-state index in [0.717, 1.165) is 30.4 Å². The van der Waals surface area contributed by atoms with E-state index in [2.05, 4.69) is 48.7 Å². The minimum absolute atomic E-state index is 0.0768. The van der Waals surface area contributed by atoms with Crippen molar-refractivity contribution >= 4 is 5.91 Å². The van der Waals surface area contributed by atoms with Crippen LogP contribution >= 0.6 is 0 Å². The minimum atomic E-state index is -0.172. The van der Waals surface area contributed by atoms with Crippen molar-refractivity contribution < 1.29 is 4.79 Å². The number of carbonyl (C=O) groups is 1. The third-order valence-electron chi connectivity index (χ3n) is 5.74. The van der Waals surface area contributed by atoms with Crippen molar-refractivity contribution in [2.75, 3.05) is 0 Å². The van der Waals surface area contributed by atoms with Gasteiger partial charge in [-0.15, -0.1) is 0 Å². The molecule has 0 saturated heterocycles. The Hall–Kier alpha value is -2.35. The van der Waals surface area contributed by atoms with Crippen molar-refractivity contribution in [3.05, 3.63) is 81.5 Å². The normalized spacial score (nSPS) is 22.6. The molecule has 5 rings (SSSR count). The van der Waals surface area contributed by atoms with Crippen LogP contribution in [0.4, 0.5) is 0 Å². The predicted molar refractivity (Wildman–Crippen MR) is 90.7 cm³/mol. The van der Waals surface area contributed by atoms with Gasteiger partial charge in [0.1, 0.15) is 0 Å². The minimum Gasteiger partial charge on any atom is -0.342 e. The highest BCUT2D eigenvalue weighted by atomic mass is 16.1. The van der Waals surface area contributed by atoms with E-state index in [-0.39, 0.29) is 11.4 Å². The summed E-state index contributed by atoms with van der Waals surface area (Å²) < 4.78 is 0. The molecule has 0 spiro atoms. The number of rotatable bonds is 3. The summed E-state index contributed by atoms with van der Waals surface area (Å²) in [4.78, 5) is 12.9. The Bertz CT molecular complexity index is 875. The molecule has 2 nitrogen and oxygen atoms in total. The van der Waals surface area contributed by atoms with Crippen LogP contribution in [0.3, 0.4) is 0 Å². The maximum absolute atomic E-state index is 12.9. The molecule has 0 bridgehead atoms. The molecule has 2 fully saturated rings. The van der Waals surface area contributed by atoms with Crippen LogP contribution < -0.4 is 5.32 Å². The highest BCUT2D eigenvalue weighted by Gasteiger charge is 2.42. The van der Waals surface area contributed by atoms with Gasteiger partial charge in [0.2, 0.25) is 0 Å². The molecule has 23 heavy (non-hydrogen) atoms. The lowest BCUT2D eigenvalue weighted by Crippen LogP contribution is -2.51. The molecule has 1 amide bonds. The van der Waals surface area contributed by atoms with Crippen molar-refractivity contribution in [2.45, 2.75) is 38.1 Å². The first-order valence-electron chi connectivity index (χ1n) is 8.43. The first-order valence-corrected chi connectivity index (χ1v) is 8.43. The van der Waals surface area contributed by atoms with E-state index in [4.69, 9.17) is 0 Å². The van der Waals surface area contributed by atoms with Crippen LogP contribution in [0.1, 0.15) is 36.8 Å². The molecule has 0 aromatic heterocycles. The standard InChI is InChI=1S/C21H19NO/c1-13-5-2-3-6-19(13)21(9-4-10-21)22-20(23)16-8-7-15-17-11-14(17)12-18(15)16/h2-3,5-8,12H,4,9-11H2,1H3,(H,22,23). The van der Waals surface area contributed by atoms with E-state index in [1.165, 1.54) is 34.3 Å². The van der Waals surface area contributed by atoms with E-state index in [1.54, 1.807) is 0 Å². The molecule has 0 heterocycles. The van der Waals surface area contributed by atoms with Gasteiger partial charge < -0.3 is 5.32 Å². The Morgan fingerprint density at radius 1 is 1.13 bits per heavy atom. The summed E-state index contributed by atoms with van der Waals surface area (Å²) in [5.74, 6) is 0.0768. The van der Waals surface area contributed by atoms with Gasteiger partial charge in [-0.2, -0.15) is 0 Å². The maximum Gasteiger partial charge on any atom is 0.252 e. The number of fused-ring (bicyclic) bond motifs is 2. The summed E-state index contributed by atoms with van der Waals surface area (Å²) in [6, 6.07) is 8.43. The topological polar surface area (TPSA) is 29.1 Å². The molecule has 4 aliphatic rings. The zero-order chi connectivity index (χ0) is 15.6. The van der Waals surface area contributed by atoms with Crippen molar-refractivity contribution in [2.24, 2.45) is 0 Å². The molecule has 0 radical (unpaired) electrons. The Balaban J connectivity index is 1.48. The summed E-state index contributed by atoms with van der Waals surface area (Å²) in [5, 5.41) is 3.37. The average molecular weight is 301 g/mol. The fraction of sp³-hybridized carbons (Fsp3) is 0.286. The van der Waals surface area contributed by atoms with Gasteiger partial charge in [0, 0.05) is 5.57 Å². The lowest BCUT2D eigenvalue weighted by Gasteiger charge is -2.44. The zero-order valence-corrected chi connectivity index (χ0v) is 13.3. The van der Waals surface area contributed by atoms with Crippen LogP contribution in [-0.4, -0.2) is 5.91 Å². The first-order chi connectivity index (χ1) is 11.2. The number of allylic oxidation sites excluding steroid dienone is 6. The third kappa shape index (κ3) is 1.78. The molecule has 2 heteroatoms. The molecule has 0 unspecified atom stereocenters. The second kappa shape index (κ2) is 4.35. The van der Waals surface area contributed by atoms with Crippen molar-refractivity contribution in [3.8, 4) is 0 Å². The van der Waals surface area contributed by atoms with Gasteiger partial charge in [-0.05, 0) is 78.2 Å². The number of carbonyl (C=O) groups excluding carboxylic acids is 1. The molecule has 0 aliphatic heterocycles. The molecule has 2 saturated carbocycles. The second-order valence-electron chi connectivity index (χ2n) is 7.10. The summed E-state index contributed by atoms with van der Waals surface area (Å²) in [5.41, 5.74) is 8.48. The van der Waals surface area contributed by atoms with Crippen LogP contribution in [0, 0.1) is 6.92 Å². The van der Waals surface area contributed by atoms with Gasteiger partial charge in [-0.3, -0.25) is 4.79 Å². The summed E-state index contributed by atoms with van der Waals surface area (Å²) in [7, 11) is 0. The number of amides is 1. The molecule has 0 atom stereocenters. The number of hydrogen-bond acceptors (Lipinski definition) is 1. The Labute approximate surface area is 136 Å².